The molecule has 4 aromatic rings. The SMILES string of the molecule is Cc1ccc(NC(=O)CSc2nnc(-c3cccnc3)n2-c2ccc(Cl)c(Cl)c2)cc1C. The van der Waals surface area contributed by atoms with Crippen LogP contribution in [-0.2, 0) is 4.79 Å². The van der Waals surface area contributed by atoms with Crippen LogP contribution in [0.25, 0.3) is 17.1 Å². The van der Waals surface area contributed by atoms with Crippen LogP contribution in [0.1, 0.15) is 11.1 Å². The highest BCUT2D eigenvalue weighted by atomic mass is 35.5. The molecule has 9 heteroatoms. The summed E-state index contributed by atoms with van der Waals surface area (Å²) in [7, 11) is 0. The smallest absolute Gasteiger partial charge is 0.234 e. The Kier molecular flexibility index (Phi) is 6.79. The van der Waals surface area contributed by atoms with E-state index in [1.54, 1.807) is 24.5 Å². The Morgan fingerprint density at radius 2 is 1.88 bits per heavy atom. The second kappa shape index (κ2) is 9.73. The van der Waals surface area contributed by atoms with Crippen molar-refractivity contribution in [2.75, 3.05) is 11.1 Å². The molecule has 1 amide bonds. The molecule has 0 aliphatic carbocycles. The molecule has 162 valence electrons. The van der Waals surface area contributed by atoms with E-state index in [-0.39, 0.29) is 11.7 Å². The normalized spacial score (nSPS) is 10.9. The van der Waals surface area contributed by atoms with Gasteiger partial charge >= 0.3 is 0 Å². The third-order valence-electron chi connectivity index (χ3n) is 4.84. The van der Waals surface area contributed by atoms with E-state index in [4.69, 9.17) is 23.2 Å². The van der Waals surface area contributed by atoms with E-state index < -0.39 is 0 Å². The third kappa shape index (κ3) is 4.96. The lowest BCUT2D eigenvalue weighted by Gasteiger charge is -2.11. The van der Waals surface area contributed by atoms with Gasteiger partial charge in [0.25, 0.3) is 0 Å². The van der Waals surface area contributed by atoms with Gasteiger partial charge in [0, 0.05) is 23.6 Å². The van der Waals surface area contributed by atoms with Gasteiger partial charge < -0.3 is 5.32 Å². The number of aryl methyl sites for hydroxylation is 2. The number of aromatic nitrogens is 4. The maximum atomic E-state index is 12.6. The van der Waals surface area contributed by atoms with Crippen LogP contribution < -0.4 is 5.32 Å². The Hall–Kier alpha value is -2.87. The topological polar surface area (TPSA) is 72.7 Å². The first-order valence-corrected chi connectivity index (χ1v) is 11.5. The molecular weight excluding hydrogens is 465 g/mol. The highest BCUT2D eigenvalue weighted by Crippen LogP contribution is 2.31. The monoisotopic (exact) mass is 483 g/mol. The van der Waals surface area contributed by atoms with E-state index in [1.807, 2.05) is 54.8 Å². The number of amides is 1. The second-order valence-electron chi connectivity index (χ2n) is 7.12. The highest BCUT2D eigenvalue weighted by Gasteiger charge is 2.18. The molecule has 32 heavy (non-hydrogen) atoms. The van der Waals surface area contributed by atoms with Crippen LogP contribution in [0, 0.1) is 13.8 Å². The van der Waals surface area contributed by atoms with Gasteiger partial charge in [-0.15, -0.1) is 10.2 Å². The van der Waals surface area contributed by atoms with Gasteiger partial charge in [0.15, 0.2) is 11.0 Å². The van der Waals surface area contributed by atoms with E-state index in [9.17, 15) is 4.79 Å². The number of nitrogens with zero attached hydrogens (tertiary/aromatic N) is 4. The zero-order chi connectivity index (χ0) is 22.7. The first kappa shape index (κ1) is 22.3. The molecule has 0 aliphatic rings. The van der Waals surface area contributed by atoms with Crippen molar-refractivity contribution in [2.45, 2.75) is 19.0 Å². The molecule has 0 unspecified atom stereocenters. The summed E-state index contributed by atoms with van der Waals surface area (Å²) in [4.78, 5) is 16.7. The van der Waals surface area contributed by atoms with Crippen LogP contribution in [0.5, 0.6) is 0 Å². The number of carbonyl (C=O) groups is 1. The van der Waals surface area contributed by atoms with Gasteiger partial charge in [-0.2, -0.15) is 0 Å². The van der Waals surface area contributed by atoms with Crippen LogP contribution in [0.15, 0.2) is 66.1 Å². The van der Waals surface area contributed by atoms with Crippen molar-refractivity contribution in [2.24, 2.45) is 0 Å². The molecule has 0 bridgehead atoms. The van der Waals surface area contributed by atoms with Gasteiger partial charge in [-0.05, 0) is 67.4 Å². The molecule has 0 saturated carbocycles. The highest BCUT2D eigenvalue weighted by molar-refractivity contribution is 7.99. The molecule has 2 aromatic heterocycles. The Morgan fingerprint density at radius 1 is 1.03 bits per heavy atom. The zero-order valence-electron chi connectivity index (χ0n) is 17.3. The lowest BCUT2D eigenvalue weighted by Crippen LogP contribution is -2.14. The van der Waals surface area contributed by atoms with Gasteiger partial charge in [-0.1, -0.05) is 41.0 Å². The Labute approximate surface area is 200 Å². The average Bonchev–Trinajstić information content (AvgIpc) is 3.21. The standard InChI is InChI=1S/C23H19Cl2N5OS/c1-14-5-6-17(10-15(14)2)27-21(31)13-32-23-29-28-22(16-4-3-9-26-12-16)30(23)18-7-8-19(24)20(25)11-18/h3-12H,13H2,1-2H3,(H,27,31). The van der Waals surface area contributed by atoms with Crippen molar-refractivity contribution in [3.8, 4) is 17.1 Å². The lowest BCUT2D eigenvalue weighted by molar-refractivity contribution is -0.113. The first-order chi connectivity index (χ1) is 15.4. The van der Waals surface area contributed by atoms with Gasteiger partial charge in [-0.25, -0.2) is 0 Å². The predicted molar refractivity (Wildman–Crippen MR) is 130 cm³/mol. The number of nitrogens with one attached hydrogen (secondary N) is 1. The van der Waals surface area contributed by atoms with Crippen LogP contribution in [0.3, 0.4) is 0 Å². The van der Waals surface area contributed by atoms with Gasteiger partial charge in [-0.3, -0.25) is 14.3 Å². The summed E-state index contributed by atoms with van der Waals surface area (Å²) in [6.07, 6.45) is 3.40. The van der Waals surface area contributed by atoms with Gasteiger partial charge in [0.05, 0.1) is 21.5 Å². The average molecular weight is 484 g/mol. The molecule has 0 radical (unpaired) electrons. The summed E-state index contributed by atoms with van der Waals surface area (Å²) in [6.45, 7) is 4.05. The van der Waals surface area contributed by atoms with E-state index in [0.717, 1.165) is 22.5 Å². The van der Waals surface area contributed by atoms with E-state index >= 15 is 0 Å². The van der Waals surface area contributed by atoms with Crippen molar-refractivity contribution in [3.63, 3.8) is 0 Å². The molecule has 0 saturated heterocycles. The molecule has 2 heterocycles. The van der Waals surface area contributed by atoms with E-state index in [1.165, 1.54) is 17.3 Å². The minimum absolute atomic E-state index is 0.134. The fraction of sp³-hybridized carbons (Fsp3) is 0.130. The molecule has 0 fully saturated rings. The number of thioether (sulfide) groups is 1. The number of rotatable bonds is 6. The maximum absolute atomic E-state index is 12.6. The van der Waals surface area contributed by atoms with Crippen molar-refractivity contribution >= 4 is 46.6 Å². The summed E-state index contributed by atoms with van der Waals surface area (Å²) in [5, 5.41) is 13.0. The Balaban J connectivity index is 1.60. The summed E-state index contributed by atoms with van der Waals surface area (Å²) in [5.41, 5.74) is 4.59. The quantitative estimate of drug-likeness (QED) is 0.341. The molecule has 0 atom stereocenters. The molecule has 1 N–H and O–H groups in total. The van der Waals surface area contributed by atoms with Crippen molar-refractivity contribution in [1.29, 1.82) is 0 Å². The second-order valence-corrected chi connectivity index (χ2v) is 8.87. The zero-order valence-corrected chi connectivity index (χ0v) is 19.7. The van der Waals surface area contributed by atoms with Crippen molar-refractivity contribution in [3.05, 3.63) is 82.1 Å². The fourth-order valence-corrected chi connectivity index (χ4v) is 4.09. The molecule has 6 nitrogen and oxygen atoms in total. The van der Waals surface area contributed by atoms with Crippen LogP contribution in [-0.4, -0.2) is 31.4 Å². The number of pyridine rings is 1. The summed E-state index contributed by atoms with van der Waals surface area (Å²) >= 11 is 13.6. The number of anilines is 1. The van der Waals surface area contributed by atoms with E-state index in [2.05, 4.69) is 20.5 Å². The largest absolute Gasteiger partial charge is 0.325 e. The van der Waals surface area contributed by atoms with Crippen molar-refractivity contribution in [1.82, 2.24) is 19.7 Å². The van der Waals surface area contributed by atoms with Gasteiger partial charge in [0.2, 0.25) is 5.91 Å². The van der Waals surface area contributed by atoms with E-state index in [0.29, 0.717) is 21.0 Å². The fourth-order valence-electron chi connectivity index (χ4n) is 3.05. The van der Waals surface area contributed by atoms with Crippen LogP contribution in [0.4, 0.5) is 5.69 Å². The Bertz CT molecular complexity index is 1280. The molecule has 0 spiro atoms. The molecular formula is C23H19Cl2N5OS. The number of halogens is 2. The number of benzene rings is 2. The summed E-state index contributed by atoms with van der Waals surface area (Å²) < 4.78 is 1.84. The maximum Gasteiger partial charge on any atom is 0.234 e. The third-order valence-corrected chi connectivity index (χ3v) is 6.51. The predicted octanol–water partition coefficient (Wildman–Crippen LogP) is 5.98. The first-order valence-electron chi connectivity index (χ1n) is 9.73. The number of hydrogen-bond donors (Lipinski definition) is 1. The minimum atomic E-state index is -0.134. The summed E-state index contributed by atoms with van der Waals surface area (Å²) in [5.74, 6) is 0.623. The minimum Gasteiger partial charge on any atom is -0.325 e. The van der Waals surface area contributed by atoms with Crippen LogP contribution in [0.2, 0.25) is 10.0 Å². The summed E-state index contributed by atoms with van der Waals surface area (Å²) in [6, 6.07) is 14.8. The molecule has 0 aliphatic heterocycles. The van der Waals surface area contributed by atoms with Crippen LogP contribution >= 0.6 is 35.0 Å². The van der Waals surface area contributed by atoms with Crippen molar-refractivity contribution < 1.29 is 4.79 Å². The Morgan fingerprint density at radius 3 is 2.59 bits per heavy atom. The molecule has 4 rings (SSSR count). The number of carbonyl (C=O) groups excluding carboxylic acids is 1. The molecule has 2 aromatic carbocycles. The lowest BCUT2D eigenvalue weighted by atomic mass is 10.1. The van der Waals surface area contributed by atoms with Gasteiger partial charge in [0.1, 0.15) is 0 Å². The number of hydrogen-bond acceptors (Lipinski definition) is 5.